The average Bonchev–Trinajstić information content (AvgIpc) is 2.78. The first-order valence-corrected chi connectivity index (χ1v) is 5.14. The number of alkyl carbamates (subject to hydrolysis) is 1. The number of aliphatic imine (C=N–C) groups is 1. The number of guanidine groups is 1. The highest BCUT2D eigenvalue weighted by molar-refractivity contribution is 5.95. The van der Waals surface area contributed by atoms with Crippen molar-refractivity contribution in [3.63, 3.8) is 0 Å². The molecule has 1 aliphatic heterocycles. The maximum atomic E-state index is 11.0. The fraction of sp³-hybridized carbons (Fsp3) is 0.273. The highest BCUT2D eigenvalue weighted by Gasteiger charge is 2.22. The molecule has 0 aliphatic carbocycles. The van der Waals surface area contributed by atoms with E-state index in [4.69, 9.17) is 0 Å². The van der Waals surface area contributed by atoms with Gasteiger partial charge in [0.1, 0.15) is 5.75 Å². The van der Waals surface area contributed by atoms with Crippen molar-refractivity contribution in [2.75, 3.05) is 13.7 Å². The second-order valence-electron chi connectivity index (χ2n) is 3.56. The average molecular weight is 235 g/mol. The lowest BCUT2D eigenvalue weighted by Gasteiger charge is -2.13. The molecule has 90 valence electrons. The lowest BCUT2D eigenvalue weighted by atomic mass is 10.1. The van der Waals surface area contributed by atoms with E-state index in [0.717, 1.165) is 5.56 Å². The van der Waals surface area contributed by atoms with Gasteiger partial charge in [-0.3, -0.25) is 10.3 Å². The molecule has 17 heavy (non-hydrogen) atoms. The molecule has 6 heteroatoms. The van der Waals surface area contributed by atoms with E-state index >= 15 is 0 Å². The molecule has 1 amide bonds. The van der Waals surface area contributed by atoms with Gasteiger partial charge >= 0.3 is 6.09 Å². The summed E-state index contributed by atoms with van der Waals surface area (Å²) in [5.41, 5.74) is 0.748. The van der Waals surface area contributed by atoms with Crippen molar-refractivity contribution in [1.29, 1.82) is 0 Å². The van der Waals surface area contributed by atoms with Crippen LogP contribution in [-0.2, 0) is 4.74 Å². The number of para-hydroxylation sites is 1. The zero-order valence-corrected chi connectivity index (χ0v) is 9.30. The summed E-state index contributed by atoms with van der Waals surface area (Å²) in [5, 5.41) is 15.1. The van der Waals surface area contributed by atoms with E-state index in [9.17, 15) is 9.90 Å². The van der Waals surface area contributed by atoms with Gasteiger partial charge in [0, 0.05) is 5.56 Å². The minimum absolute atomic E-state index is 0.136. The third kappa shape index (κ3) is 2.47. The Bertz CT molecular complexity index is 459. The molecule has 3 N–H and O–H groups in total. The van der Waals surface area contributed by atoms with Crippen molar-refractivity contribution < 1.29 is 14.6 Å². The van der Waals surface area contributed by atoms with E-state index in [1.807, 2.05) is 12.1 Å². The number of hydrogen-bond acceptors (Lipinski definition) is 5. The normalized spacial score (nSPS) is 18.2. The van der Waals surface area contributed by atoms with Crippen molar-refractivity contribution >= 4 is 12.1 Å². The maximum absolute atomic E-state index is 11.0. The molecular formula is C11H13N3O3. The van der Waals surface area contributed by atoms with E-state index in [1.165, 1.54) is 7.11 Å². The van der Waals surface area contributed by atoms with Gasteiger partial charge < -0.3 is 15.2 Å². The Balaban J connectivity index is 2.01. The lowest BCUT2D eigenvalue weighted by Crippen LogP contribution is -2.39. The third-order valence-corrected chi connectivity index (χ3v) is 2.46. The summed E-state index contributed by atoms with van der Waals surface area (Å²) in [6.45, 7) is 0.455. The molecule has 0 bridgehead atoms. The largest absolute Gasteiger partial charge is 0.508 e. The summed E-state index contributed by atoms with van der Waals surface area (Å²) in [6.07, 6.45) is -0.575. The number of amides is 1. The fourth-order valence-electron chi connectivity index (χ4n) is 1.62. The van der Waals surface area contributed by atoms with Crippen LogP contribution < -0.4 is 10.6 Å². The van der Waals surface area contributed by atoms with Gasteiger partial charge in [0.2, 0.25) is 5.96 Å². The molecule has 1 aromatic rings. The highest BCUT2D eigenvalue weighted by Crippen LogP contribution is 2.25. The number of ether oxygens (including phenoxy) is 1. The fourth-order valence-corrected chi connectivity index (χ4v) is 1.62. The minimum atomic E-state index is -0.575. The summed E-state index contributed by atoms with van der Waals surface area (Å²) in [7, 11) is 1.28. The van der Waals surface area contributed by atoms with Gasteiger partial charge in [0.15, 0.2) is 0 Å². The molecular weight excluding hydrogens is 222 g/mol. The summed E-state index contributed by atoms with van der Waals surface area (Å²) < 4.78 is 4.46. The number of nitrogens with zero attached hydrogens (tertiary/aromatic N) is 1. The minimum Gasteiger partial charge on any atom is -0.508 e. The second kappa shape index (κ2) is 4.73. The summed E-state index contributed by atoms with van der Waals surface area (Å²) in [6, 6.07) is 6.88. The van der Waals surface area contributed by atoms with Crippen LogP contribution in [0.1, 0.15) is 11.6 Å². The van der Waals surface area contributed by atoms with Gasteiger partial charge in [-0.25, -0.2) is 4.79 Å². The van der Waals surface area contributed by atoms with Gasteiger partial charge in [-0.2, -0.15) is 0 Å². The second-order valence-corrected chi connectivity index (χ2v) is 3.56. The summed E-state index contributed by atoms with van der Waals surface area (Å²) in [4.78, 5) is 15.1. The van der Waals surface area contributed by atoms with Crippen molar-refractivity contribution in [3.8, 4) is 5.75 Å². The topological polar surface area (TPSA) is 83.0 Å². The molecule has 0 radical (unpaired) electrons. The first-order valence-electron chi connectivity index (χ1n) is 5.14. The van der Waals surface area contributed by atoms with E-state index in [-0.39, 0.29) is 11.8 Å². The monoisotopic (exact) mass is 235 g/mol. The molecule has 0 spiro atoms. The van der Waals surface area contributed by atoms with Gasteiger partial charge in [0.25, 0.3) is 0 Å². The molecule has 1 aromatic carbocycles. The van der Waals surface area contributed by atoms with Crippen LogP contribution in [0.2, 0.25) is 0 Å². The molecule has 0 aromatic heterocycles. The highest BCUT2D eigenvalue weighted by atomic mass is 16.5. The number of benzene rings is 1. The first-order chi connectivity index (χ1) is 8.20. The van der Waals surface area contributed by atoms with Crippen LogP contribution in [0, 0.1) is 0 Å². The molecule has 0 saturated carbocycles. The predicted molar refractivity (Wildman–Crippen MR) is 61.8 cm³/mol. The van der Waals surface area contributed by atoms with Crippen molar-refractivity contribution in [1.82, 2.24) is 10.6 Å². The Hall–Kier alpha value is -2.24. The lowest BCUT2D eigenvalue weighted by molar-refractivity contribution is 0.176. The first kappa shape index (κ1) is 11.3. The standard InChI is InChI=1S/C11H13N3O3/c1-17-11(16)14-10-12-6-8(13-10)7-4-2-3-5-9(7)15/h2-5,8,15H,6H2,1H3,(H2,12,13,14,16). The van der Waals surface area contributed by atoms with Gasteiger partial charge in [-0.05, 0) is 6.07 Å². The summed E-state index contributed by atoms with van der Waals surface area (Å²) >= 11 is 0. The molecule has 1 unspecified atom stereocenters. The molecule has 6 nitrogen and oxygen atoms in total. The van der Waals surface area contributed by atoms with Crippen LogP contribution in [0.5, 0.6) is 5.75 Å². The smallest absolute Gasteiger partial charge is 0.413 e. The Kier molecular flexibility index (Phi) is 3.13. The zero-order chi connectivity index (χ0) is 12.3. The number of hydrogen-bond donors (Lipinski definition) is 3. The summed E-state index contributed by atoms with van der Waals surface area (Å²) in [5.74, 6) is 0.560. The third-order valence-electron chi connectivity index (χ3n) is 2.46. The number of rotatable bonds is 1. The number of methoxy groups -OCH3 is 1. The zero-order valence-electron chi connectivity index (χ0n) is 9.30. The Labute approximate surface area is 98.3 Å². The molecule has 0 saturated heterocycles. The van der Waals surface area contributed by atoms with Crippen LogP contribution in [0.4, 0.5) is 4.79 Å². The van der Waals surface area contributed by atoms with Gasteiger partial charge in [-0.15, -0.1) is 0 Å². The van der Waals surface area contributed by atoms with Crippen LogP contribution in [0.15, 0.2) is 29.3 Å². The predicted octanol–water partition coefficient (Wildman–Crippen LogP) is 0.748. The number of nitrogens with one attached hydrogen (secondary N) is 2. The van der Waals surface area contributed by atoms with E-state index in [0.29, 0.717) is 12.5 Å². The van der Waals surface area contributed by atoms with Crippen molar-refractivity contribution in [2.24, 2.45) is 4.99 Å². The molecule has 1 aliphatic rings. The van der Waals surface area contributed by atoms with Gasteiger partial charge in [-0.1, -0.05) is 18.2 Å². The van der Waals surface area contributed by atoms with Crippen LogP contribution in [0.3, 0.4) is 0 Å². The Morgan fingerprint density at radius 3 is 3.06 bits per heavy atom. The van der Waals surface area contributed by atoms with Crippen LogP contribution in [-0.4, -0.2) is 30.8 Å². The SMILES string of the molecule is COC(=O)NC1=NCC(c2ccccc2O)N1. The number of phenolic OH excluding ortho intramolecular Hbond substituents is 1. The van der Waals surface area contributed by atoms with E-state index in [2.05, 4.69) is 20.4 Å². The molecule has 1 atom stereocenters. The van der Waals surface area contributed by atoms with Crippen LogP contribution >= 0.6 is 0 Å². The van der Waals surface area contributed by atoms with Crippen LogP contribution in [0.25, 0.3) is 0 Å². The van der Waals surface area contributed by atoms with E-state index in [1.54, 1.807) is 12.1 Å². The number of carbonyl (C=O) groups excluding carboxylic acids is 1. The molecule has 0 fully saturated rings. The number of phenols is 1. The number of aromatic hydroxyl groups is 1. The van der Waals surface area contributed by atoms with Crippen molar-refractivity contribution in [3.05, 3.63) is 29.8 Å². The van der Waals surface area contributed by atoms with Gasteiger partial charge in [0.05, 0.1) is 19.7 Å². The quantitative estimate of drug-likeness (QED) is 0.670. The molecule has 1 heterocycles. The maximum Gasteiger partial charge on any atom is 0.413 e. The Morgan fingerprint density at radius 1 is 1.59 bits per heavy atom. The number of carbonyl (C=O) groups is 1. The molecule has 2 rings (SSSR count). The Morgan fingerprint density at radius 2 is 2.35 bits per heavy atom. The van der Waals surface area contributed by atoms with E-state index < -0.39 is 6.09 Å². The van der Waals surface area contributed by atoms with Crippen molar-refractivity contribution in [2.45, 2.75) is 6.04 Å².